The lowest BCUT2D eigenvalue weighted by Crippen LogP contribution is -2.20. The summed E-state index contributed by atoms with van der Waals surface area (Å²) >= 11 is 0. The van der Waals surface area contributed by atoms with Gasteiger partial charge in [0.25, 0.3) is 11.3 Å². The van der Waals surface area contributed by atoms with Gasteiger partial charge in [0.1, 0.15) is 5.82 Å². The molecule has 1 aromatic carbocycles. The van der Waals surface area contributed by atoms with Gasteiger partial charge in [0.15, 0.2) is 11.4 Å². The molecular weight excluding hydrogens is 266 g/mol. The van der Waals surface area contributed by atoms with Crippen LogP contribution in [0.2, 0.25) is 0 Å². The second-order valence-corrected chi connectivity index (χ2v) is 5.34. The molecule has 5 nitrogen and oxygen atoms in total. The zero-order valence-corrected chi connectivity index (χ0v) is 11.6. The van der Waals surface area contributed by atoms with Gasteiger partial charge < -0.3 is 4.42 Å². The summed E-state index contributed by atoms with van der Waals surface area (Å²) in [5.41, 5.74) is 1.91. The minimum Gasteiger partial charge on any atom is -0.422 e. The third-order valence-corrected chi connectivity index (χ3v) is 3.90. The quantitative estimate of drug-likeness (QED) is 0.737. The van der Waals surface area contributed by atoms with Gasteiger partial charge in [0.2, 0.25) is 0 Å². The maximum absolute atomic E-state index is 12.3. The fraction of sp³-hybridized carbons (Fsp3) is 0.312. The normalized spacial score (nSPS) is 13.7. The second kappa shape index (κ2) is 4.84. The van der Waals surface area contributed by atoms with Crippen molar-refractivity contribution >= 4 is 11.2 Å². The monoisotopic (exact) mass is 281 g/mol. The Labute approximate surface area is 121 Å². The number of aryl methyl sites for hydroxylation is 3. The summed E-state index contributed by atoms with van der Waals surface area (Å²) in [5, 5.41) is 0. The Kier molecular flexibility index (Phi) is 2.84. The average Bonchev–Trinajstić information content (AvgIpc) is 3.13. The maximum Gasteiger partial charge on any atom is 0.283 e. The molecule has 0 fully saturated rings. The lowest BCUT2D eigenvalue weighted by atomic mass is 10.1. The Morgan fingerprint density at radius 3 is 2.86 bits per heavy atom. The molecule has 5 heteroatoms. The van der Waals surface area contributed by atoms with Gasteiger partial charge in [-0.1, -0.05) is 30.3 Å². The number of hydrogen-bond donors (Lipinski definition) is 0. The molecule has 0 aliphatic carbocycles. The van der Waals surface area contributed by atoms with Crippen LogP contribution < -0.4 is 5.56 Å². The van der Waals surface area contributed by atoms with Gasteiger partial charge >= 0.3 is 0 Å². The molecule has 0 N–H and O–H groups in total. The molecule has 0 amide bonds. The minimum absolute atomic E-state index is 0.0674. The Morgan fingerprint density at radius 2 is 2.00 bits per heavy atom. The van der Waals surface area contributed by atoms with Crippen molar-refractivity contribution in [2.24, 2.45) is 0 Å². The fourth-order valence-corrected chi connectivity index (χ4v) is 2.81. The third kappa shape index (κ3) is 2.14. The van der Waals surface area contributed by atoms with Gasteiger partial charge in [-0.3, -0.25) is 9.36 Å². The first kappa shape index (κ1) is 12.3. The van der Waals surface area contributed by atoms with Crippen LogP contribution in [-0.2, 0) is 25.8 Å². The highest BCUT2D eigenvalue weighted by Gasteiger charge is 2.19. The van der Waals surface area contributed by atoms with Crippen LogP contribution in [0.5, 0.6) is 0 Å². The molecule has 1 aliphatic rings. The number of nitrogens with zero attached hydrogens (tertiary/aromatic N) is 3. The molecule has 0 radical (unpaired) electrons. The summed E-state index contributed by atoms with van der Waals surface area (Å²) < 4.78 is 7.37. The van der Waals surface area contributed by atoms with Crippen LogP contribution in [0.15, 0.2) is 39.5 Å². The lowest BCUT2D eigenvalue weighted by Gasteiger charge is -1.98. The Bertz CT molecular complexity index is 849. The molecule has 21 heavy (non-hydrogen) atoms. The van der Waals surface area contributed by atoms with Gasteiger partial charge in [0.05, 0.1) is 0 Å². The van der Waals surface area contributed by atoms with E-state index in [9.17, 15) is 4.79 Å². The number of oxazole rings is 1. The predicted molar refractivity (Wildman–Crippen MR) is 78.2 cm³/mol. The topological polar surface area (TPSA) is 60.9 Å². The number of hydrogen-bond acceptors (Lipinski definition) is 4. The van der Waals surface area contributed by atoms with E-state index in [4.69, 9.17) is 4.42 Å². The van der Waals surface area contributed by atoms with E-state index in [0.717, 1.165) is 31.6 Å². The summed E-state index contributed by atoms with van der Waals surface area (Å²) in [7, 11) is 0. The standard InChI is InChI=1S/C16H15N3O2/c20-16-14-15(17-12-7-4-10-19(12)16)21-13(18-14)9-8-11-5-2-1-3-6-11/h1-3,5-6H,4,7-10H2. The smallest absolute Gasteiger partial charge is 0.283 e. The fourth-order valence-electron chi connectivity index (χ4n) is 2.81. The highest BCUT2D eigenvalue weighted by molar-refractivity contribution is 5.66. The van der Waals surface area contributed by atoms with Crippen molar-refractivity contribution < 1.29 is 4.42 Å². The van der Waals surface area contributed by atoms with E-state index in [2.05, 4.69) is 22.1 Å². The SMILES string of the molecule is O=c1c2nc(CCc3ccccc3)oc2nc2n1CCC2. The third-order valence-electron chi connectivity index (χ3n) is 3.90. The van der Waals surface area contributed by atoms with E-state index in [1.807, 2.05) is 18.2 Å². The van der Waals surface area contributed by atoms with Crippen LogP contribution in [-0.4, -0.2) is 14.5 Å². The zero-order chi connectivity index (χ0) is 14.2. The number of rotatable bonds is 3. The second-order valence-electron chi connectivity index (χ2n) is 5.34. The Morgan fingerprint density at radius 1 is 1.14 bits per heavy atom. The molecule has 0 saturated carbocycles. The van der Waals surface area contributed by atoms with Crippen molar-refractivity contribution in [2.75, 3.05) is 0 Å². The summed E-state index contributed by atoms with van der Waals surface area (Å²) in [6.07, 6.45) is 3.32. The van der Waals surface area contributed by atoms with Crippen molar-refractivity contribution in [3.63, 3.8) is 0 Å². The van der Waals surface area contributed by atoms with Crippen molar-refractivity contribution in [1.29, 1.82) is 0 Å². The van der Waals surface area contributed by atoms with Gasteiger partial charge in [-0.25, -0.2) is 4.98 Å². The zero-order valence-electron chi connectivity index (χ0n) is 11.6. The summed E-state index contributed by atoms with van der Waals surface area (Å²) in [4.78, 5) is 21.1. The van der Waals surface area contributed by atoms with Crippen LogP contribution in [0.3, 0.4) is 0 Å². The van der Waals surface area contributed by atoms with Gasteiger partial charge in [-0.15, -0.1) is 0 Å². The van der Waals surface area contributed by atoms with Crippen LogP contribution in [0.4, 0.5) is 0 Å². The molecule has 106 valence electrons. The van der Waals surface area contributed by atoms with Crippen LogP contribution >= 0.6 is 0 Å². The van der Waals surface area contributed by atoms with Crippen LogP contribution in [0.25, 0.3) is 11.2 Å². The summed E-state index contributed by atoms with van der Waals surface area (Å²) in [6.45, 7) is 0.739. The minimum atomic E-state index is -0.0674. The molecule has 0 spiro atoms. The largest absolute Gasteiger partial charge is 0.422 e. The van der Waals surface area contributed by atoms with E-state index in [1.54, 1.807) is 4.57 Å². The number of benzene rings is 1. The first-order chi connectivity index (χ1) is 10.3. The molecule has 3 heterocycles. The average molecular weight is 281 g/mol. The molecule has 1 aliphatic heterocycles. The van der Waals surface area contributed by atoms with Gasteiger partial charge in [0, 0.05) is 19.4 Å². The van der Waals surface area contributed by atoms with E-state index in [1.165, 1.54) is 5.56 Å². The van der Waals surface area contributed by atoms with Crippen molar-refractivity contribution in [2.45, 2.75) is 32.2 Å². The molecule has 0 atom stereocenters. The first-order valence-corrected chi connectivity index (χ1v) is 7.24. The summed E-state index contributed by atoms with van der Waals surface area (Å²) in [6, 6.07) is 10.2. The molecule has 2 aromatic heterocycles. The molecule has 0 bridgehead atoms. The maximum atomic E-state index is 12.3. The van der Waals surface area contributed by atoms with E-state index >= 15 is 0 Å². The molecule has 4 rings (SSSR count). The van der Waals surface area contributed by atoms with E-state index < -0.39 is 0 Å². The first-order valence-electron chi connectivity index (χ1n) is 7.24. The predicted octanol–water partition coefficient (Wildman–Crippen LogP) is 2.12. The van der Waals surface area contributed by atoms with Crippen molar-refractivity contribution in [3.8, 4) is 0 Å². The van der Waals surface area contributed by atoms with E-state index in [-0.39, 0.29) is 5.56 Å². The number of fused-ring (bicyclic) bond motifs is 2. The van der Waals surface area contributed by atoms with Crippen LogP contribution in [0.1, 0.15) is 23.7 Å². The van der Waals surface area contributed by atoms with E-state index in [0.29, 0.717) is 23.5 Å². The molecule has 0 unspecified atom stereocenters. The van der Waals surface area contributed by atoms with Gasteiger partial charge in [-0.2, -0.15) is 4.98 Å². The molecule has 0 saturated heterocycles. The lowest BCUT2D eigenvalue weighted by molar-refractivity contribution is 0.518. The van der Waals surface area contributed by atoms with Gasteiger partial charge in [-0.05, 0) is 18.4 Å². The Balaban J connectivity index is 1.65. The highest BCUT2D eigenvalue weighted by Crippen LogP contribution is 2.16. The summed E-state index contributed by atoms with van der Waals surface area (Å²) in [5.74, 6) is 1.40. The van der Waals surface area contributed by atoms with Crippen molar-refractivity contribution in [3.05, 3.63) is 58.0 Å². The van der Waals surface area contributed by atoms with Crippen LogP contribution in [0, 0.1) is 0 Å². The number of aromatic nitrogens is 3. The molecule has 3 aromatic rings. The van der Waals surface area contributed by atoms with Crippen molar-refractivity contribution in [1.82, 2.24) is 14.5 Å². The Hall–Kier alpha value is -2.43. The highest BCUT2D eigenvalue weighted by atomic mass is 16.4. The molecular formula is C16H15N3O2.